The number of methoxy groups -OCH3 is 2. The molecule has 220 valence electrons. The second kappa shape index (κ2) is 13.5. The van der Waals surface area contributed by atoms with Gasteiger partial charge in [-0.05, 0) is 50.4 Å². The van der Waals surface area contributed by atoms with Crippen LogP contribution in [0.2, 0.25) is 0 Å². The number of likely N-dealkylation sites (tertiary alicyclic amines) is 1. The van der Waals surface area contributed by atoms with Crippen molar-refractivity contribution in [2.24, 2.45) is 11.3 Å². The number of ether oxygens (including phenoxy) is 3. The second-order valence-corrected chi connectivity index (χ2v) is 12.2. The third kappa shape index (κ3) is 7.05. The summed E-state index contributed by atoms with van der Waals surface area (Å²) < 4.78 is 31.6. The van der Waals surface area contributed by atoms with E-state index in [9.17, 15) is 14.0 Å². The molecule has 2 aromatic rings. The molecular formula is C29H41FN4O5S. The van der Waals surface area contributed by atoms with Crippen LogP contribution in [-0.4, -0.2) is 98.2 Å². The summed E-state index contributed by atoms with van der Waals surface area (Å²) in [5.74, 6) is 0.976. The highest BCUT2D eigenvalue weighted by Crippen LogP contribution is 2.43. The van der Waals surface area contributed by atoms with Gasteiger partial charge in [-0.2, -0.15) is 9.78 Å². The Bertz CT molecular complexity index is 1170. The summed E-state index contributed by atoms with van der Waals surface area (Å²) in [4.78, 5) is 30.8. The number of carbonyl (C=O) groups is 2. The van der Waals surface area contributed by atoms with Crippen LogP contribution in [0, 0.1) is 17.2 Å². The van der Waals surface area contributed by atoms with E-state index < -0.39 is 5.41 Å². The minimum absolute atomic E-state index is 0.0223. The van der Waals surface area contributed by atoms with E-state index in [0.29, 0.717) is 55.9 Å². The molecule has 0 spiro atoms. The number of hydrogen-bond acceptors (Lipinski definition) is 8. The van der Waals surface area contributed by atoms with E-state index >= 15 is 0 Å². The molecule has 40 heavy (non-hydrogen) atoms. The molecule has 0 radical (unpaired) electrons. The molecular weight excluding hydrogens is 535 g/mol. The maximum absolute atomic E-state index is 13.8. The Hall–Kier alpha value is -2.47. The molecule has 2 fully saturated rings. The third-order valence-electron chi connectivity index (χ3n) is 7.71. The van der Waals surface area contributed by atoms with Gasteiger partial charge in [-0.1, -0.05) is 30.8 Å². The van der Waals surface area contributed by atoms with Gasteiger partial charge in [0.25, 0.3) is 5.91 Å². The van der Waals surface area contributed by atoms with Crippen LogP contribution in [0.5, 0.6) is 5.75 Å². The van der Waals surface area contributed by atoms with Gasteiger partial charge >= 0.3 is 0 Å². The number of carbonyl (C=O) groups excluding carboxylic acids is 2. The Labute approximate surface area is 240 Å². The third-order valence-corrected chi connectivity index (χ3v) is 8.82. The SMILES string of the molecule is COCC(C)(C)C(=O)n1nc(C2CN(CC(=O)N3CCOCC3)CCC2C)c(OC)c1SCc1ccc(F)cc1. The molecule has 0 N–H and O–H groups in total. The van der Waals surface area contributed by atoms with Gasteiger partial charge < -0.3 is 19.1 Å². The van der Waals surface area contributed by atoms with Crippen molar-refractivity contribution >= 4 is 23.6 Å². The topological polar surface area (TPSA) is 86.1 Å². The fourth-order valence-corrected chi connectivity index (χ4v) is 6.35. The average molecular weight is 577 g/mol. The fraction of sp³-hybridized carbons (Fsp3) is 0.621. The lowest BCUT2D eigenvalue weighted by atomic mass is 9.84. The monoisotopic (exact) mass is 576 g/mol. The van der Waals surface area contributed by atoms with Crippen LogP contribution in [0.4, 0.5) is 4.39 Å². The van der Waals surface area contributed by atoms with Gasteiger partial charge in [0.05, 0.1) is 38.9 Å². The Kier molecular flexibility index (Phi) is 10.3. The zero-order valence-electron chi connectivity index (χ0n) is 24.2. The lowest BCUT2D eigenvalue weighted by Gasteiger charge is -2.37. The molecule has 2 aliphatic rings. The van der Waals surface area contributed by atoms with Crippen LogP contribution in [0.1, 0.15) is 49.2 Å². The Morgan fingerprint density at radius 3 is 2.50 bits per heavy atom. The number of morpholine rings is 1. The van der Waals surface area contributed by atoms with Crippen molar-refractivity contribution in [3.8, 4) is 5.75 Å². The van der Waals surface area contributed by atoms with Crippen molar-refractivity contribution in [1.29, 1.82) is 0 Å². The molecule has 1 aromatic carbocycles. The second-order valence-electron chi connectivity index (χ2n) is 11.3. The number of thioether (sulfide) groups is 1. The molecule has 2 atom stereocenters. The molecule has 4 rings (SSSR count). The Morgan fingerprint density at radius 1 is 1.15 bits per heavy atom. The maximum Gasteiger partial charge on any atom is 0.256 e. The molecule has 1 aromatic heterocycles. The summed E-state index contributed by atoms with van der Waals surface area (Å²) in [6, 6.07) is 6.33. The van der Waals surface area contributed by atoms with Gasteiger partial charge in [-0.25, -0.2) is 4.39 Å². The summed E-state index contributed by atoms with van der Waals surface area (Å²) in [5.41, 5.74) is 0.829. The van der Waals surface area contributed by atoms with E-state index in [-0.39, 0.29) is 36.1 Å². The molecule has 0 aliphatic carbocycles. The number of amides is 1. The van der Waals surface area contributed by atoms with Gasteiger partial charge in [0.15, 0.2) is 5.75 Å². The van der Waals surface area contributed by atoms with Crippen LogP contribution >= 0.6 is 11.8 Å². The van der Waals surface area contributed by atoms with E-state index in [1.54, 1.807) is 26.4 Å². The van der Waals surface area contributed by atoms with E-state index in [2.05, 4.69) is 11.8 Å². The van der Waals surface area contributed by atoms with E-state index in [4.69, 9.17) is 19.3 Å². The van der Waals surface area contributed by atoms with Crippen LogP contribution in [0.3, 0.4) is 0 Å². The smallest absolute Gasteiger partial charge is 0.256 e. The first-order valence-electron chi connectivity index (χ1n) is 13.8. The number of halogens is 1. The summed E-state index contributed by atoms with van der Waals surface area (Å²) in [6.07, 6.45) is 0.901. The molecule has 2 unspecified atom stereocenters. The highest BCUT2D eigenvalue weighted by atomic mass is 32.2. The maximum atomic E-state index is 13.8. The molecule has 9 nitrogen and oxygen atoms in total. The van der Waals surface area contributed by atoms with Crippen molar-refractivity contribution in [1.82, 2.24) is 19.6 Å². The Balaban J connectivity index is 1.63. The van der Waals surface area contributed by atoms with Crippen LogP contribution in [0.25, 0.3) is 0 Å². The lowest BCUT2D eigenvalue weighted by molar-refractivity contribution is -0.136. The molecule has 11 heteroatoms. The summed E-state index contributed by atoms with van der Waals surface area (Å²) in [7, 11) is 3.18. The zero-order chi connectivity index (χ0) is 28.9. The largest absolute Gasteiger partial charge is 0.492 e. The predicted octanol–water partition coefficient (Wildman–Crippen LogP) is 3.92. The van der Waals surface area contributed by atoms with Crippen molar-refractivity contribution in [2.45, 2.75) is 43.9 Å². The first-order valence-corrected chi connectivity index (χ1v) is 14.8. The Morgan fingerprint density at radius 2 is 1.85 bits per heavy atom. The summed E-state index contributed by atoms with van der Waals surface area (Å²) in [6.45, 7) is 10.3. The van der Waals surface area contributed by atoms with E-state index in [1.165, 1.54) is 28.6 Å². The molecule has 2 saturated heterocycles. The number of piperidine rings is 1. The zero-order valence-corrected chi connectivity index (χ0v) is 25.0. The molecule has 0 bridgehead atoms. The minimum Gasteiger partial charge on any atom is -0.492 e. The average Bonchev–Trinajstić information content (AvgIpc) is 3.31. The quantitative estimate of drug-likeness (QED) is 0.394. The first kappa shape index (κ1) is 30.5. The van der Waals surface area contributed by atoms with Gasteiger partial charge in [-0.15, -0.1) is 0 Å². The lowest BCUT2D eigenvalue weighted by Crippen LogP contribution is -2.48. The fourth-order valence-electron chi connectivity index (χ4n) is 5.29. The highest BCUT2D eigenvalue weighted by Gasteiger charge is 2.38. The van der Waals surface area contributed by atoms with Gasteiger partial charge in [0, 0.05) is 38.4 Å². The van der Waals surface area contributed by atoms with Crippen LogP contribution in [0.15, 0.2) is 29.3 Å². The summed E-state index contributed by atoms with van der Waals surface area (Å²) >= 11 is 1.44. The minimum atomic E-state index is -0.816. The van der Waals surface area contributed by atoms with Gasteiger partial charge in [0.2, 0.25) is 5.91 Å². The van der Waals surface area contributed by atoms with Crippen molar-refractivity contribution in [3.63, 3.8) is 0 Å². The number of nitrogens with zero attached hydrogens (tertiary/aromatic N) is 4. The van der Waals surface area contributed by atoms with Crippen molar-refractivity contribution < 1.29 is 28.2 Å². The number of hydrogen-bond donors (Lipinski definition) is 0. The molecule has 2 aliphatic heterocycles. The number of rotatable bonds is 10. The van der Waals surface area contributed by atoms with Crippen molar-refractivity contribution in [3.05, 3.63) is 41.3 Å². The normalized spacial score (nSPS) is 20.5. The molecule has 3 heterocycles. The van der Waals surface area contributed by atoms with Crippen LogP contribution < -0.4 is 4.74 Å². The van der Waals surface area contributed by atoms with Crippen molar-refractivity contribution in [2.75, 3.05) is 66.8 Å². The van der Waals surface area contributed by atoms with Crippen LogP contribution in [-0.2, 0) is 20.0 Å². The highest BCUT2D eigenvalue weighted by molar-refractivity contribution is 7.98. The summed E-state index contributed by atoms with van der Waals surface area (Å²) in [5, 5.41) is 5.52. The number of aromatic nitrogens is 2. The predicted molar refractivity (Wildman–Crippen MR) is 151 cm³/mol. The molecule has 0 saturated carbocycles. The van der Waals surface area contributed by atoms with Gasteiger partial charge in [-0.3, -0.25) is 14.5 Å². The van der Waals surface area contributed by atoms with Gasteiger partial charge in [0.1, 0.15) is 16.5 Å². The molecule has 1 amide bonds. The van der Waals surface area contributed by atoms with E-state index in [0.717, 1.165) is 24.2 Å². The number of benzene rings is 1. The first-order chi connectivity index (χ1) is 19.1. The standard InChI is InChI=1S/C29H41FN4O5S/c1-20-10-11-32(17-24(35)33-12-14-39-15-13-33)16-23(20)25-26(38-5)27(40-18-21-6-8-22(30)9-7-21)34(31-25)28(36)29(2,3)19-37-4/h6-9,20,23H,10-19H2,1-5H3. The van der Waals surface area contributed by atoms with E-state index in [1.807, 2.05) is 18.7 Å².